The maximum absolute atomic E-state index is 13.3. The summed E-state index contributed by atoms with van der Waals surface area (Å²) in [7, 11) is 0. The summed E-state index contributed by atoms with van der Waals surface area (Å²) in [6, 6.07) is 10.00. The molecule has 100 valence electrons. The molecule has 0 saturated heterocycles. The van der Waals surface area contributed by atoms with Crippen LogP contribution in [0.2, 0.25) is 10.0 Å². The largest absolute Gasteiger partial charge is 0.386 e. The van der Waals surface area contributed by atoms with Gasteiger partial charge in [-0.25, -0.2) is 4.39 Å². The molecule has 2 aromatic carbocycles. The van der Waals surface area contributed by atoms with Gasteiger partial charge in [0.05, 0.1) is 12.1 Å². The van der Waals surface area contributed by atoms with Crippen LogP contribution in [0, 0.1) is 5.82 Å². The normalized spacial score (nSPS) is 14.2. The molecule has 2 aromatic rings. The van der Waals surface area contributed by atoms with Crippen molar-refractivity contribution in [3.05, 3.63) is 69.5 Å². The first-order chi connectivity index (χ1) is 8.97. The van der Waals surface area contributed by atoms with Gasteiger partial charge in [0.15, 0.2) is 0 Å². The summed E-state index contributed by atoms with van der Waals surface area (Å²) in [4.78, 5) is 0. The molecule has 2 atom stereocenters. The Hall–Kier alpha value is -1.13. The molecule has 19 heavy (non-hydrogen) atoms. The van der Waals surface area contributed by atoms with Gasteiger partial charge in [0.2, 0.25) is 0 Å². The number of aliphatic hydroxyl groups excluding tert-OH is 1. The van der Waals surface area contributed by atoms with E-state index in [1.165, 1.54) is 18.2 Å². The number of hydrogen-bond donors (Lipinski definition) is 2. The quantitative estimate of drug-likeness (QED) is 0.904. The van der Waals surface area contributed by atoms with Gasteiger partial charge in [-0.2, -0.15) is 0 Å². The first-order valence-electron chi connectivity index (χ1n) is 5.62. The molecular formula is C14H12Cl2FNO. The van der Waals surface area contributed by atoms with Crippen molar-refractivity contribution in [1.82, 2.24) is 0 Å². The summed E-state index contributed by atoms with van der Waals surface area (Å²) in [5.74, 6) is -0.509. The van der Waals surface area contributed by atoms with Gasteiger partial charge < -0.3 is 10.8 Å². The number of halogens is 3. The zero-order valence-corrected chi connectivity index (χ0v) is 11.4. The molecule has 2 nitrogen and oxygen atoms in total. The molecule has 0 aliphatic rings. The molecule has 0 heterocycles. The predicted molar refractivity (Wildman–Crippen MR) is 74.8 cm³/mol. The van der Waals surface area contributed by atoms with Gasteiger partial charge >= 0.3 is 0 Å². The Morgan fingerprint density at radius 1 is 0.947 bits per heavy atom. The fourth-order valence-electron chi connectivity index (χ4n) is 1.82. The van der Waals surface area contributed by atoms with Crippen molar-refractivity contribution in [3.63, 3.8) is 0 Å². The molecular weight excluding hydrogens is 288 g/mol. The van der Waals surface area contributed by atoms with Crippen molar-refractivity contribution in [2.45, 2.75) is 12.1 Å². The van der Waals surface area contributed by atoms with E-state index in [1.54, 1.807) is 24.3 Å². The summed E-state index contributed by atoms with van der Waals surface area (Å²) >= 11 is 11.5. The minimum Gasteiger partial charge on any atom is -0.386 e. The molecule has 0 spiro atoms. The second kappa shape index (κ2) is 5.88. The number of nitrogens with two attached hydrogens (primary N) is 1. The maximum Gasteiger partial charge on any atom is 0.125 e. The highest BCUT2D eigenvalue weighted by molar-refractivity contribution is 6.30. The number of rotatable bonds is 3. The van der Waals surface area contributed by atoms with Gasteiger partial charge in [-0.05, 0) is 41.5 Å². The van der Waals surface area contributed by atoms with E-state index < -0.39 is 18.0 Å². The van der Waals surface area contributed by atoms with E-state index in [9.17, 15) is 9.50 Å². The first-order valence-corrected chi connectivity index (χ1v) is 6.38. The monoisotopic (exact) mass is 299 g/mol. The minimum absolute atomic E-state index is 0.220. The van der Waals surface area contributed by atoms with Crippen LogP contribution in [0.4, 0.5) is 4.39 Å². The van der Waals surface area contributed by atoms with Crippen LogP contribution in [-0.2, 0) is 0 Å². The Morgan fingerprint density at radius 3 is 2.16 bits per heavy atom. The van der Waals surface area contributed by atoms with Gasteiger partial charge in [-0.15, -0.1) is 0 Å². The van der Waals surface area contributed by atoms with Gasteiger partial charge in [0, 0.05) is 10.0 Å². The van der Waals surface area contributed by atoms with E-state index in [-0.39, 0.29) is 5.02 Å². The maximum atomic E-state index is 13.3. The molecule has 3 N–H and O–H groups in total. The third-order valence-electron chi connectivity index (χ3n) is 2.82. The van der Waals surface area contributed by atoms with E-state index in [0.717, 1.165) is 0 Å². The Morgan fingerprint density at radius 2 is 1.58 bits per heavy atom. The number of hydrogen-bond acceptors (Lipinski definition) is 2. The van der Waals surface area contributed by atoms with Crippen molar-refractivity contribution < 1.29 is 9.50 Å². The van der Waals surface area contributed by atoms with Crippen LogP contribution in [0.3, 0.4) is 0 Å². The SMILES string of the molecule is NC(c1ccc(Cl)cc1)C(O)c1cc(F)cc(Cl)c1. The molecule has 0 bridgehead atoms. The molecule has 0 amide bonds. The Kier molecular flexibility index (Phi) is 4.42. The van der Waals surface area contributed by atoms with Crippen LogP contribution in [0.1, 0.15) is 23.3 Å². The van der Waals surface area contributed by atoms with Crippen LogP contribution in [0.15, 0.2) is 42.5 Å². The molecule has 0 fully saturated rings. The lowest BCUT2D eigenvalue weighted by Gasteiger charge is -2.20. The van der Waals surface area contributed by atoms with Crippen LogP contribution < -0.4 is 5.73 Å². The van der Waals surface area contributed by atoms with Crippen LogP contribution in [0.25, 0.3) is 0 Å². The second-order valence-electron chi connectivity index (χ2n) is 4.22. The van der Waals surface area contributed by atoms with E-state index in [2.05, 4.69) is 0 Å². The lowest BCUT2D eigenvalue weighted by molar-refractivity contribution is 0.146. The Balaban J connectivity index is 2.27. The van der Waals surface area contributed by atoms with E-state index in [4.69, 9.17) is 28.9 Å². The van der Waals surface area contributed by atoms with Crippen LogP contribution in [0.5, 0.6) is 0 Å². The fourth-order valence-corrected chi connectivity index (χ4v) is 2.18. The molecule has 2 rings (SSSR count). The lowest BCUT2D eigenvalue weighted by atomic mass is 9.96. The lowest BCUT2D eigenvalue weighted by Crippen LogP contribution is -2.19. The first kappa shape index (κ1) is 14.3. The zero-order valence-electron chi connectivity index (χ0n) is 9.85. The van der Waals surface area contributed by atoms with Gasteiger partial charge in [0.25, 0.3) is 0 Å². The summed E-state index contributed by atoms with van der Waals surface area (Å²) < 4.78 is 13.3. The molecule has 0 radical (unpaired) electrons. The van der Waals surface area contributed by atoms with E-state index in [0.29, 0.717) is 16.1 Å². The third-order valence-corrected chi connectivity index (χ3v) is 3.29. The number of aliphatic hydroxyl groups is 1. The molecule has 5 heteroatoms. The van der Waals surface area contributed by atoms with Crippen LogP contribution >= 0.6 is 23.2 Å². The smallest absolute Gasteiger partial charge is 0.125 e. The summed E-state index contributed by atoms with van der Waals surface area (Å²) in [5, 5.41) is 11.0. The molecule has 2 unspecified atom stereocenters. The summed E-state index contributed by atoms with van der Waals surface area (Å²) in [5.41, 5.74) is 7.01. The Labute approximate surface area is 120 Å². The van der Waals surface area contributed by atoms with E-state index >= 15 is 0 Å². The molecule has 0 aliphatic carbocycles. The molecule has 0 saturated carbocycles. The summed E-state index contributed by atoms with van der Waals surface area (Å²) in [6.45, 7) is 0. The minimum atomic E-state index is -1.05. The van der Waals surface area contributed by atoms with E-state index in [1.807, 2.05) is 0 Å². The average molecular weight is 300 g/mol. The average Bonchev–Trinajstić information content (AvgIpc) is 2.37. The van der Waals surface area contributed by atoms with Gasteiger partial charge in [-0.3, -0.25) is 0 Å². The Bertz CT molecular complexity index is 554. The highest BCUT2D eigenvalue weighted by atomic mass is 35.5. The predicted octanol–water partition coefficient (Wildman–Crippen LogP) is 3.87. The zero-order chi connectivity index (χ0) is 14.0. The highest BCUT2D eigenvalue weighted by Crippen LogP contribution is 2.29. The van der Waals surface area contributed by atoms with Gasteiger partial charge in [0.1, 0.15) is 5.82 Å². The highest BCUT2D eigenvalue weighted by Gasteiger charge is 2.19. The fraction of sp³-hybridized carbons (Fsp3) is 0.143. The topological polar surface area (TPSA) is 46.2 Å². The number of benzene rings is 2. The second-order valence-corrected chi connectivity index (χ2v) is 5.10. The third kappa shape index (κ3) is 3.45. The van der Waals surface area contributed by atoms with Crippen molar-refractivity contribution in [3.8, 4) is 0 Å². The molecule has 0 aromatic heterocycles. The standard InChI is InChI=1S/C14H12Cl2FNO/c15-10-3-1-8(2-4-10)13(18)14(19)9-5-11(16)7-12(17)6-9/h1-7,13-14,19H,18H2. The van der Waals surface area contributed by atoms with Crippen LogP contribution in [-0.4, -0.2) is 5.11 Å². The summed E-state index contributed by atoms with van der Waals surface area (Å²) in [6.07, 6.45) is -1.05. The molecule has 0 aliphatic heterocycles. The van der Waals surface area contributed by atoms with Crippen molar-refractivity contribution in [2.75, 3.05) is 0 Å². The van der Waals surface area contributed by atoms with Crippen molar-refractivity contribution in [1.29, 1.82) is 0 Å². The van der Waals surface area contributed by atoms with Gasteiger partial charge in [-0.1, -0.05) is 35.3 Å². The van der Waals surface area contributed by atoms with Crippen molar-refractivity contribution >= 4 is 23.2 Å². The van der Waals surface area contributed by atoms with Crippen molar-refractivity contribution in [2.24, 2.45) is 5.73 Å².